The Morgan fingerprint density at radius 3 is 2.48 bits per heavy atom. The van der Waals surface area contributed by atoms with Gasteiger partial charge in [0.2, 0.25) is 0 Å². The molecule has 3 nitrogen and oxygen atoms in total. The summed E-state index contributed by atoms with van der Waals surface area (Å²) in [4.78, 5) is 0. The van der Waals surface area contributed by atoms with E-state index in [4.69, 9.17) is 9.47 Å². The molecule has 2 aromatic rings. The Balaban J connectivity index is 2.37. The molecule has 0 aliphatic rings. The highest BCUT2D eigenvalue weighted by Crippen LogP contribution is 2.36. The zero-order valence-corrected chi connectivity index (χ0v) is 14.1. The molecular weight excluding hydrogens is 330 g/mol. The first-order chi connectivity index (χ1) is 10.2. The Hall–Kier alpha value is -1.52. The van der Waals surface area contributed by atoms with Gasteiger partial charge in [0.05, 0.1) is 6.61 Å². The van der Waals surface area contributed by atoms with Crippen LogP contribution in [0.15, 0.2) is 46.9 Å². The molecule has 0 saturated heterocycles. The molecule has 0 bridgehead atoms. The summed E-state index contributed by atoms with van der Waals surface area (Å²) >= 11 is 3.50. The average Bonchev–Trinajstić information content (AvgIpc) is 2.49. The zero-order valence-electron chi connectivity index (χ0n) is 12.5. The Morgan fingerprint density at radius 1 is 1.10 bits per heavy atom. The Bertz CT molecular complexity index is 601. The molecule has 0 heterocycles. The van der Waals surface area contributed by atoms with Gasteiger partial charge in [-0.05, 0) is 45.2 Å². The quantitative estimate of drug-likeness (QED) is 0.802. The number of para-hydroxylation sites is 2. The second-order valence-corrected chi connectivity index (χ2v) is 5.59. The van der Waals surface area contributed by atoms with Gasteiger partial charge in [-0.3, -0.25) is 0 Å². The SMILES string of the molecule is CCOc1ccccc1Oc1cc(Br)ccc1C(C)NC. The monoisotopic (exact) mass is 349 g/mol. The molecule has 0 amide bonds. The van der Waals surface area contributed by atoms with E-state index < -0.39 is 0 Å². The maximum absolute atomic E-state index is 6.10. The first-order valence-electron chi connectivity index (χ1n) is 7.02. The van der Waals surface area contributed by atoms with Crippen molar-refractivity contribution >= 4 is 15.9 Å². The molecule has 2 aromatic carbocycles. The summed E-state index contributed by atoms with van der Waals surface area (Å²) in [6.07, 6.45) is 0. The molecule has 2 rings (SSSR count). The molecule has 0 aliphatic heterocycles. The average molecular weight is 350 g/mol. The van der Waals surface area contributed by atoms with E-state index in [1.807, 2.05) is 50.4 Å². The van der Waals surface area contributed by atoms with Gasteiger partial charge in [0.25, 0.3) is 0 Å². The van der Waals surface area contributed by atoms with Crippen LogP contribution >= 0.6 is 15.9 Å². The van der Waals surface area contributed by atoms with E-state index in [0.717, 1.165) is 27.3 Å². The number of benzene rings is 2. The van der Waals surface area contributed by atoms with Crippen molar-refractivity contribution in [1.29, 1.82) is 0 Å². The third-order valence-corrected chi connectivity index (χ3v) is 3.74. The summed E-state index contributed by atoms with van der Waals surface area (Å²) in [7, 11) is 1.94. The Kier molecular flexibility index (Phi) is 5.65. The van der Waals surface area contributed by atoms with Crippen molar-refractivity contribution in [2.45, 2.75) is 19.9 Å². The maximum atomic E-state index is 6.10. The Labute approximate surface area is 134 Å². The highest BCUT2D eigenvalue weighted by Gasteiger charge is 2.13. The molecular formula is C17H20BrNO2. The van der Waals surface area contributed by atoms with E-state index in [1.165, 1.54) is 0 Å². The van der Waals surface area contributed by atoms with Crippen molar-refractivity contribution in [2.75, 3.05) is 13.7 Å². The number of nitrogens with one attached hydrogen (secondary N) is 1. The number of ether oxygens (including phenoxy) is 2. The number of hydrogen-bond acceptors (Lipinski definition) is 3. The molecule has 0 spiro atoms. The van der Waals surface area contributed by atoms with Crippen molar-refractivity contribution < 1.29 is 9.47 Å². The van der Waals surface area contributed by atoms with Gasteiger partial charge in [0, 0.05) is 16.1 Å². The van der Waals surface area contributed by atoms with Crippen LogP contribution in [0.1, 0.15) is 25.5 Å². The highest BCUT2D eigenvalue weighted by atomic mass is 79.9. The van der Waals surface area contributed by atoms with Crippen LogP contribution in [0.25, 0.3) is 0 Å². The molecule has 0 aromatic heterocycles. The van der Waals surface area contributed by atoms with Crippen LogP contribution < -0.4 is 14.8 Å². The number of rotatable bonds is 6. The number of hydrogen-bond donors (Lipinski definition) is 1. The van der Waals surface area contributed by atoms with Gasteiger partial charge in [0.15, 0.2) is 11.5 Å². The molecule has 1 atom stereocenters. The summed E-state index contributed by atoms with van der Waals surface area (Å²) in [6.45, 7) is 4.67. The smallest absolute Gasteiger partial charge is 0.169 e. The molecule has 0 fully saturated rings. The largest absolute Gasteiger partial charge is 0.490 e. The summed E-state index contributed by atoms with van der Waals surface area (Å²) in [5.74, 6) is 2.29. The number of halogens is 1. The van der Waals surface area contributed by atoms with Crippen LogP contribution in [-0.4, -0.2) is 13.7 Å². The van der Waals surface area contributed by atoms with Gasteiger partial charge >= 0.3 is 0 Å². The fourth-order valence-corrected chi connectivity index (χ4v) is 2.38. The Morgan fingerprint density at radius 2 is 1.81 bits per heavy atom. The molecule has 1 N–H and O–H groups in total. The third-order valence-electron chi connectivity index (χ3n) is 3.24. The molecule has 0 saturated carbocycles. The minimum atomic E-state index is 0.201. The topological polar surface area (TPSA) is 30.5 Å². The standard InChI is InChI=1S/C17H20BrNO2/c1-4-20-15-7-5-6-8-16(15)21-17-11-13(18)9-10-14(17)12(2)19-3/h5-12,19H,4H2,1-3H3. The first-order valence-corrected chi connectivity index (χ1v) is 7.81. The second-order valence-electron chi connectivity index (χ2n) is 4.67. The second kappa shape index (κ2) is 7.48. The van der Waals surface area contributed by atoms with Gasteiger partial charge in [-0.1, -0.05) is 34.1 Å². The van der Waals surface area contributed by atoms with Gasteiger partial charge < -0.3 is 14.8 Å². The minimum absolute atomic E-state index is 0.201. The van der Waals surface area contributed by atoms with Gasteiger partial charge in [-0.15, -0.1) is 0 Å². The first kappa shape index (κ1) is 15.9. The fourth-order valence-electron chi connectivity index (χ4n) is 2.04. The lowest BCUT2D eigenvalue weighted by atomic mass is 10.1. The molecule has 0 aliphatic carbocycles. The fraction of sp³-hybridized carbons (Fsp3) is 0.294. The predicted molar refractivity (Wildman–Crippen MR) is 89.3 cm³/mol. The lowest BCUT2D eigenvalue weighted by molar-refractivity contribution is 0.320. The van der Waals surface area contributed by atoms with Crippen molar-refractivity contribution in [3.05, 3.63) is 52.5 Å². The molecule has 112 valence electrons. The predicted octanol–water partition coefficient (Wildman–Crippen LogP) is 4.92. The highest BCUT2D eigenvalue weighted by molar-refractivity contribution is 9.10. The van der Waals surface area contributed by atoms with Crippen molar-refractivity contribution in [2.24, 2.45) is 0 Å². The lowest BCUT2D eigenvalue weighted by Gasteiger charge is -2.18. The summed E-state index contributed by atoms with van der Waals surface area (Å²) < 4.78 is 12.7. The van der Waals surface area contributed by atoms with Crippen LogP contribution in [0.2, 0.25) is 0 Å². The lowest BCUT2D eigenvalue weighted by Crippen LogP contribution is -2.13. The van der Waals surface area contributed by atoms with Crippen molar-refractivity contribution in [3.63, 3.8) is 0 Å². The zero-order chi connectivity index (χ0) is 15.2. The van der Waals surface area contributed by atoms with Gasteiger partial charge in [-0.25, -0.2) is 0 Å². The van der Waals surface area contributed by atoms with E-state index in [9.17, 15) is 0 Å². The molecule has 21 heavy (non-hydrogen) atoms. The normalized spacial score (nSPS) is 12.0. The van der Waals surface area contributed by atoms with Crippen LogP contribution in [0.5, 0.6) is 17.2 Å². The third kappa shape index (κ3) is 3.99. The van der Waals surface area contributed by atoms with Crippen molar-refractivity contribution in [1.82, 2.24) is 5.32 Å². The van der Waals surface area contributed by atoms with Crippen LogP contribution in [-0.2, 0) is 0 Å². The van der Waals surface area contributed by atoms with E-state index >= 15 is 0 Å². The maximum Gasteiger partial charge on any atom is 0.169 e. The summed E-state index contributed by atoms with van der Waals surface area (Å²) in [5.41, 5.74) is 1.10. The molecule has 1 unspecified atom stereocenters. The van der Waals surface area contributed by atoms with Crippen LogP contribution in [0.4, 0.5) is 0 Å². The molecule has 4 heteroatoms. The van der Waals surface area contributed by atoms with Crippen LogP contribution in [0, 0.1) is 0 Å². The minimum Gasteiger partial charge on any atom is -0.490 e. The molecule has 0 radical (unpaired) electrons. The van der Waals surface area contributed by atoms with E-state index in [2.05, 4.69) is 34.2 Å². The van der Waals surface area contributed by atoms with Crippen LogP contribution in [0.3, 0.4) is 0 Å². The van der Waals surface area contributed by atoms with Gasteiger partial charge in [0.1, 0.15) is 5.75 Å². The van der Waals surface area contributed by atoms with Crippen molar-refractivity contribution in [3.8, 4) is 17.2 Å². The summed E-state index contributed by atoms with van der Waals surface area (Å²) in [5, 5.41) is 3.24. The van der Waals surface area contributed by atoms with E-state index in [0.29, 0.717) is 6.61 Å². The van der Waals surface area contributed by atoms with Gasteiger partial charge in [-0.2, -0.15) is 0 Å². The van der Waals surface area contributed by atoms with E-state index in [-0.39, 0.29) is 6.04 Å². The van der Waals surface area contributed by atoms with E-state index in [1.54, 1.807) is 0 Å². The summed E-state index contributed by atoms with van der Waals surface area (Å²) in [6, 6.07) is 14.0.